The first kappa shape index (κ1) is 20.3. The number of amides is 1. The van der Waals surface area contributed by atoms with Crippen LogP contribution in [0.4, 0.5) is 0 Å². The highest BCUT2D eigenvalue weighted by molar-refractivity contribution is 7.90. The van der Waals surface area contributed by atoms with E-state index in [0.29, 0.717) is 17.0 Å². The number of benzene rings is 2. The molecule has 0 aliphatic rings. The largest absolute Gasteiger partial charge is 0.494 e. The van der Waals surface area contributed by atoms with Gasteiger partial charge in [-0.05, 0) is 30.7 Å². The molecule has 0 N–H and O–H groups in total. The molecular weight excluding hydrogens is 396 g/mol. The highest BCUT2D eigenvalue weighted by Crippen LogP contribution is 2.22. The monoisotopic (exact) mass is 418 g/mol. The van der Waals surface area contributed by atoms with Crippen molar-refractivity contribution in [3.05, 3.63) is 58.9 Å². The van der Waals surface area contributed by atoms with Crippen LogP contribution < -0.4 is 9.54 Å². The quantitative estimate of drug-likeness (QED) is 0.591. The Balaban J connectivity index is 1.72. The highest BCUT2D eigenvalue weighted by Gasteiger charge is 2.15. The summed E-state index contributed by atoms with van der Waals surface area (Å²) >= 11 is 1.37. The zero-order chi connectivity index (χ0) is 20.1. The van der Waals surface area contributed by atoms with Crippen LogP contribution in [0.1, 0.15) is 18.9 Å². The Morgan fingerprint density at radius 2 is 1.93 bits per heavy atom. The van der Waals surface area contributed by atoms with Gasteiger partial charge in [-0.15, -0.1) is 0 Å². The lowest BCUT2D eigenvalue weighted by Gasteiger charge is -2.03. The van der Waals surface area contributed by atoms with Crippen molar-refractivity contribution >= 4 is 37.3 Å². The van der Waals surface area contributed by atoms with Crippen LogP contribution in [-0.4, -0.2) is 31.3 Å². The van der Waals surface area contributed by atoms with Crippen molar-refractivity contribution in [3.63, 3.8) is 0 Å². The van der Waals surface area contributed by atoms with Crippen LogP contribution in [-0.2, 0) is 27.4 Å². The number of fused-ring (bicyclic) bond motifs is 1. The molecule has 0 atom stereocenters. The zero-order valence-corrected chi connectivity index (χ0v) is 17.4. The minimum absolute atomic E-state index is 0.0714. The second-order valence-corrected chi connectivity index (χ2v) is 9.53. The van der Waals surface area contributed by atoms with Gasteiger partial charge in [-0.3, -0.25) is 4.79 Å². The highest BCUT2D eigenvalue weighted by atomic mass is 32.2. The summed E-state index contributed by atoms with van der Waals surface area (Å²) in [5.41, 5.74) is 1.66. The third-order valence-corrected chi connectivity index (χ3v) is 6.86. The fourth-order valence-electron chi connectivity index (χ4n) is 2.78. The number of rotatable bonds is 7. The van der Waals surface area contributed by atoms with Gasteiger partial charge in [-0.1, -0.05) is 41.7 Å². The van der Waals surface area contributed by atoms with Gasteiger partial charge < -0.3 is 9.30 Å². The molecular formula is C20H22N2O4S2. The number of hydrogen-bond donors (Lipinski definition) is 0. The number of thiazole rings is 1. The zero-order valence-electron chi connectivity index (χ0n) is 15.8. The van der Waals surface area contributed by atoms with Crippen molar-refractivity contribution in [1.29, 1.82) is 0 Å². The van der Waals surface area contributed by atoms with E-state index in [4.69, 9.17) is 4.74 Å². The summed E-state index contributed by atoms with van der Waals surface area (Å²) < 4.78 is 32.8. The molecule has 1 heterocycles. The molecule has 148 valence electrons. The average Bonchev–Trinajstić information content (AvgIpc) is 2.96. The van der Waals surface area contributed by atoms with Gasteiger partial charge in [0, 0.05) is 13.5 Å². The molecule has 0 spiro atoms. The second kappa shape index (κ2) is 8.70. The molecule has 0 aliphatic carbocycles. The maximum Gasteiger partial charge on any atom is 0.249 e. The van der Waals surface area contributed by atoms with Crippen LogP contribution in [0.3, 0.4) is 0 Å². The number of carbonyl (C=O) groups is 1. The summed E-state index contributed by atoms with van der Waals surface area (Å²) in [5.74, 6) is 0.0382. The first-order chi connectivity index (χ1) is 13.4. The predicted octanol–water partition coefficient (Wildman–Crippen LogP) is 3.07. The summed E-state index contributed by atoms with van der Waals surface area (Å²) in [6.07, 6.45) is -0.131. The van der Waals surface area contributed by atoms with Crippen LogP contribution in [0.15, 0.2) is 53.5 Å². The molecule has 1 amide bonds. The van der Waals surface area contributed by atoms with Gasteiger partial charge in [0.25, 0.3) is 0 Å². The van der Waals surface area contributed by atoms with Gasteiger partial charge in [0.2, 0.25) is 5.91 Å². The second-order valence-electron chi connectivity index (χ2n) is 6.34. The molecule has 1 aromatic heterocycles. The Labute approximate surface area is 168 Å². The standard InChI is InChI=1S/C20H22N2O4S2/c1-3-26-16-9-10-17-18(13-16)27-20(22(17)2)21-19(23)11-12-28(24,25)14-15-7-5-4-6-8-15/h4-10,13H,3,11-12,14H2,1-2H3. The summed E-state index contributed by atoms with van der Waals surface area (Å²) in [4.78, 5) is 16.9. The van der Waals surface area contributed by atoms with Gasteiger partial charge in [0.1, 0.15) is 5.75 Å². The number of sulfone groups is 1. The number of nitrogens with zero attached hydrogens (tertiary/aromatic N) is 2. The molecule has 0 saturated heterocycles. The minimum Gasteiger partial charge on any atom is -0.494 e. The maximum atomic E-state index is 12.3. The molecule has 0 radical (unpaired) electrons. The van der Waals surface area contributed by atoms with Crippen LogP contribution in [0, 0.1) is 0 Å². The Morgan fingerprint density at radius 1 is 1.18 bits per heavy atom. The van der Waals surface area contributed by atoms with Crippen molar-refractivity contribution in [3.8, 4) is 5.75 Å². The van der Waals surface area contributed by atoms with E-state index in [9.17, 15) is 13.2 Å². The van der Waals surface area contributed by atoms with E-state index >= 15 is 0 Å². The molecule has 0 unspecified atom stereocenters. The van der Waals surface area contributed by atoms with Crippen LogP contribution >= 0.6 is 11.3 Å². The molecule has 0 bridgehead atoms. The molecule has 8 heteroatoms. The molecule has 2 aromatic carbocycles. The Bertz CT molecular complexity index is 1150. The normalized spacial score (nSPS) is 12.4. The molecule has 0 saturated carbocycles. The Kier molecular flexibility index (Phi) is 6.31. The van der Waals surface area contributed by atoms with Gasteiger partial charge in [-0.2, -0.15) is 4.99 Å². The number of ether oxygens (including phenoxy) is 1. The number of aryl methyl sites for hydroxylation is 1. The van der Waals surface area contributed by atoms with E-state index in [-0.39, 0.29) is 17.9 Å². The lowest BCUT2D eigenvalue weighted by molar-refractivity contribution is -0.117. The molecule has 28 heavy (non-hydrogen) atoms. The van der Waals surface area contributed by atoms with Crippen LogP contribution in [0.25, 0.3) is 10.2 Å². The number of hydrogen-bond acceptors (Lipinski definition) is 5. The molecule has 3 aromatic rings. The first-order valence-corrected chi connectivity index (χ1v) is 11.6. The lowest BCUT2D eigenvalue weighted by atomic mass is 10.2. The van der Waals surface area contributed by atoms with Crippen molar-refractivity contribution < 1.29 is 17.9 Å². The fourth-order valence-corrected chi connectivity index (χ4v) is 5.18. The fraction of sp³-hybridized carbons (Fsp3) is 0.300. The van der Waals surface area contributed by atoms with Crippen molar-refractivity contribution in [2.45, 2.75) is 19.1 Å². The first-order valence-electron chi connectivity index (χ1n) is 8.92. The van der Waals surface area contributed by atoms with E-state index in [2.05, 4.69) is 4.99 Å². The molecule has 0 fully saturated rings. The van der Waals surface area contributed by atoms with E-state index in [1.165, 1.54) is 11.3 Å². The topological polar surface area (TPSA) is 77.7 Å². The van der Waals surface area contributed by atoms with Gasteiger partial charge in [-0.25, -0.2) is 8.42 Å². The van der Waals surface area contributed by atoms with Gasteiger partial charge in [0.05, 0.1) is 28.3 Å². The minimum atomic E-state index is -3.37. The lowest BCUT2D eigenvalue weighted by Crippen LogP contribution is -2.16. The van der Waals surface area contributed by atoms with Crippen molar-refractivity contribution in [1.82, 2.24) is 4.57 Å². The summed E-state index contributed by atoms with van der Waals surface area (Å²) in [6.45, 7) is 2.50. The van der Waals surface area contributed by atoms with Gasteiger partial charge in [0.15, 0.2) is 14.6 Å². The summed E-state index contributed by atoms with van der Waals surface area (Å²) in [7, 11) is -1.54. The SMILES string of the molecule is CCOc1ccc2c(c1)sc(=NC(=O)CCS(=O)(=O)Cc1ccccc1)n2C. The van der Waals surface area contributed by atoms with Gasteiger partial charge >= 0.3 is 0 Å². The van der Waals surface area contributed by atoms with E-state index in [1.54, 1.807) is 24.3 Å². The molecule has 0 aliphatic heterocycles. The Morgan fingerprint density at radius 3 is 2.64 bits per heavy atom. The van der Waals surface area contributed by atoms with Crippen LogP contribution in [0.2, 0.25) is 0 Å². The predicted molar refractivity (Wildman–Crippen MR) is 111 cm³/mol. The maximum absolute atomic E-state index is 12.3. The van der Waals surface area contributed by atoms with Crippen molar-refractivity contribution in [2.75, 3.05) is 12.4 Å². The summed E-state index contributed by atoms with van der Waals surface area (Å²) in [6, 6.07) is 14.7. The molecule has 3 rings (SSSR count). The summed E-state index contributed by atoms with van der Waals surface area (Å²) in [5, 5.41) is 0. The van der Waals surface area contributed by atoms with Crippen LogP contribution in [0.5, 0.6) is 5.75 Å². The smallest absolute Gasteiger partial charge is 0.249 e. The third-order valence-electron chi connectivity index (χ3n) is 4.17. The van der Waals surface area contributed by atoms with E-state index in [1.807, 2.05) is 42.8 Å². The number of carbonyl (C=O) groups excluding carboxylic acids is 1. The Hall–Kier alpha value is -2.45. The molecule has 6 nitrogen and oxygen atoms in total. The van der Waals surface area contributed by atoms with E-state index in [0.717, 1.165) is 16.0 Å². The van der Waals surface area contributed by atoms with Crippen molar-refractivity contribution in [2.24, 2.45) is 12.0 Å². The van der Waals surface area contributed by atoms with E-state index < -0.39 is 15.7 Å². The number of aromatic nitrogens is 1. The average molecular weight is 419 g/mol. The third kappa shape index (κ3) is 5.08.